The maximum atomic E-state index is 13.0. The molecule has 0 aromatic carbocycles. The van der Waals surface area contributed by atoms with Crippen LogP contribution >= 0.6 is 0 Å². The van der Waals surface area contributed by atoms with E-state index < -0.39 is 41.5 Å². The fourth-order valence-electron chi connectivity index (χ4n) is 10.7. The number of Topliss-reactive ketones (excluding diaryl/α,β-unsaturated/α-hetero) is 1. The molecule has 2 N–H and O–H groups in total. The second kappa shape index (κ2) is 10.3. The van der Waals surface area contributed by atoms with Crippen molar-refractivity contribution in [3.05, 3.63) is 0 Å². The molecule has 0 aromatic heterocycles. The Morgan fingerprint density at radius 3 is 2.24 bits per heavy atom. The normalized spacial score (nSPS) is 49.1. The molecule has 12 atom stereocenters. The van der Waals surface area contributed by atoms with Gasteiger partial charge in [-0.3, -0.25) is 9.59 Å². The van der Waals surface area contributed by atoms with Crippen LogP contribution in [0.4, 0.5) is 0 Å². The zero-order chi connectivity index (χ0) is 28.3. The van der Waals surface area contributed by atoms with Gasteiger partial charge in [-0.25, -0.2) is 0 Å². The van der Waals surface area contributed by atoms with Gasteiger partial charge in [0.25, 0.3) is 0 Å². The van der Waals surface area contributed by atoms with Crippen LogP contribution < -0.4 is 0 Å². The highest BCUT2D eigenvalue weighted by Crippen LogP contribution is 2.73. The molecule has 4 fully saturated rings. The molecular formula is C32H52O6. The quantitative estimate of drug-likeness (QED) is 0.331. The zero-order valence-electron chi connectivity index (χ0n) is 24.8. The van der Waals surface area contributed by atoms with Crippen molar-refractivity contribution in [3.63, 3.8) is 0 Å². The highest BCUT2D eigenvalue weighted by molar-refractivity contribution is 5.83. The van der Waals surface area contributed by atoms with Gasteiger partial charge in [0.05, 0.1) is 24.5 Å². The van der Waals surface area contributed by atoms with Gasteiger partial charge in [0.15, 0.2) is 0 Å². The number of aliphatic hydroxyl groups is 2. The minimum absolute atomic E-state index is 0.0592. The summed E-state index contributed by atoms with van der Waals surface area (Å²) in [5, 5.41) is 22.0. The van der Waals surface area contributed by atoms with Crippen LogP contribution in [0.25, 0.3) is 0 Å². The first-order valence-corrected chi connectivity index (χ1v) is 15.2. The largest absolute Gasteiger partial charge is 0.461 e. The molecule has 0 radical (unpaired) electrons. The molecular weight excluding hydrogens is 480 g/mol. The van der Waals surface area contributed by atoms with Crippen molar-refractivity contribution in [2.24, 2.45) is 51.2 Å². The van der Waals surface area contributed by atoms with E-state index in [-0.39, 0.29) is 29.0 Å². The molecule has 12 unspecified atom stereocenters. The molecule has 0 spiro atoms. The van der Waals surface area contributed by atoms with E-state index in [0.717, 1.165) is 32.0 Å². The summed E-state index contributed by atoms with van der Waals surface area (Å²) in [6, 6.07) is 0. The van der Waals surface area contributed by atoms with Crippen molar-refractivity contribution in [2.45, 2.75) is 131 Å². The van der Waals surface area contributed by atoms with Crippen molar-refractivity contribution in [2.75, 3.05) is 0 Å². The smallest absolute Gasteiger partial charge is 0.308 e. The molecule has 4 rings (SSSR count). The van der Waals surface area contributed by atoms with Crippen LogP contribution in [0, 0.1) is 51.2 Å². The van der Waals surface area contributed by atoms with Crippen molar-refractivity contribution in [1.29, 1.82) is 0 Å². The monoisotopic (exact) mass is 532 g/mol. The number of aliphatic hydroxyl groups excluding tert-OH is 2. The van der Waals surface area contributed by atoms with Crippen molar-refractivity contribution in [3.8, 4) is 0 Å². The average Bonchev–Trinajstić information content (AvgIpc) is 2.85. The number of ether oxygens (including phenoxy) is 1. The number of carbonyl (C=O) groups is 3. The summed E-state index contributed by atoms with van der Waals surface area (Å²) in [5.41, 5.74) is -0.497. The zero-order valence-corrected chi connectivity index (χ0v) is 24.8. The van der Waals surface area contributed by atoms with Crippen LogP contribution in [0.15, 0.2) is 0 Å². The van der Waals surface area contributed by atoms with Crippen LogP contribution in [0.3, 0.4) is 0 Å². The van der Waals surface area contributed by atoms with E-state index in [1.54, 1.807) is 6.92 Å². The minimum Gasteiger partial charge on any atom is -0.461 e. The highest BCUT2D eigenvalue weighted by atomic mass is 16.5. The maximum absolute atomic E-state index is 13.0. The first kappa shape index (κ1) is 29.7. The number of aldehydes is 1. The third-order valence-corrected chi connectivity index (χ3v) is 12.9. The SMILES string of the molecule is CCC(O)CC(=O)OC1CC2C3(C)CCC4C(C)(CC)CCCC4(C)C3CC(O)C2(C)C(C=O)C1C(C)=O. The van der Waals surface area contributed by atoms with E-state index in [1.165, 1.54) is 19.8 Å². The predicted octanol–water partition coefficient (Wildman–Crippen LogP) is 5.51. The standard InChI is InChI=1S/C32H52O6/c1-8-20(35)15-27(37)38-22-16-25-31(6)14-11-23-29(4,9-2)12-10-13-30(23,5)24(31)17-26(36)32(25,7)21(18-33)28(22)19(3)34/h18,20-26,28,35-36H,8-17H2,1-7H3. The second-order valence-corrected chi connectivity index (χ2v) is 14.5. The summed E-state index contributed by atoms with van der Waals surface area (Å²) in [6.07, 6.45) is 7.00. The number of hydrogen-bond acceptors (Lipinski definition) is 6. The summed E-state index contributed by atoms with van der Waals surface area (Å²) >= 11 is 0. The number of carbonyl (C=O) groups excluding carboxylic acids is 3. The van der Waals surface area contributed by atoms with Crippen molar-refractivity contribution in [1.82, 2.24) is 0 Å². The molecule has 0 bridgehead atoms. The lowest BCUT2D eigenvalue weighted by Crippen LogP contribution is -2.69. The summed E-state index contributed by atoms with van der Waals surface area (Å²) < 4.78 is 5.95. The van der Waals surface area contributed by atoms with E-state index in [9.17, 15) is 24.6 Å². The third-order valence-electron chi connectivity index (χ3n) is 12.9. The Labute approximate surface area is 229 Å². The van der Waals surface area contributed by atoms with Crippen LogP contribution in [-0.2, 0) is 19.1 Å². The van der Waals surface area contributed by atoms with E-state index in [0.29, 0.717) is 36.5 Å². The molecule has 0 aliphatic heterocycles. The molecule has 6 heteroatoms. The van der Waals surface area contributed by atoms with Gasteiger partial charge >= 0.3 is 5.97 Å². The van der Waals surface area contributed by atoms with E-state index in [2.05, 4.69) is 27.7 Å². The Morgan fingerprint density at radius 1 is 1.00 bits per heavy atom. The summed E-state index contributed by atoms with van der Waals surface area (Å²) in [4.78, 5) is 38.6. The molecule has 216 valence electrons. The van der Waals surface area contributed by atoms with Crippen LogP contribution in [0.2, 0.25) is 0 Å². The van der Waals surface area contributed by atoms with E-state index >= 15 is 0 Å². The van der Waals surface area contributed by atoms with Crippen LogP contribution in [0.1, 0.15) is 113 Å². The van der Waals surface area contributed by atoms with Crippen LogP contribution in [0.5, 0.6) is 0 Å². The Balaban J connectivity index is 1.76. The summed E-state index contributed by atoms with van der Waals surface area (Å²) in [6.45, 7) is 14.9. The molecule has 4 aliphatic rings. The highest BCUT2D eigenvalue weighted by Gasteiger charge is 2.70. The van der Waals surface area contributed by atoms with E-state index in [1.807, 2.05) is 6.92 Å². The van der Waals surface area contributed by atoms with Gasteiger partial charge in [-0.05, 0) is 85.9 Å². The molecule has 0 aromatic rings. The number of ketones is 1. The molecule has 0 saturated heterocycles. The summed E-state index contributed by atoms with van der Waals surface area (Å²) in [7, 11) is 0. The fourth-order valence-corrected chi connectivity index (χ4v) is 10.7. The third kappa shape index (κ3) is 4.31. The van der Waals surface area contributed by atoms with Crippen LogP contribution in [-0.4, -0.2) is 46.6 Å². The van der Waals surface area contributed by atoms with Gasteiger partial charge in [0.2, 0.25) is 0 Å². The van der Waals surface area contributed by atoms with Gasteiger partial charge in [-0.1, -0.05) is 54.4 Å². The van der Waals surface area contributed by atoms with E-state index in [4.69, 9.17) is 4.74 Å². The van der Waals surface area contributed by atoms with Crippen molar-refractivity contribution < 1.29 is 29.3 Å². The molecule has 4 saturated carbocycles. The number of fused-ring (bicyclic) bond motifs is 5. The fraction of sp³-hybridized carbons (Fsp3) is 0.906. The average molecular weight is 533 g/mol. The predicted molar refractivity (Wildman–Crippen MR) is 146 cm³/mol. The Morgan fingerprint density at radius 2 is 1.66 bits per heavy atom. The Kier molecular flexibility index (Phi) is 8.04. The molecule has 0 amide bonds. The number of esters is 1. The molecule has 6 nitrogen and oxygen atoms in total. The van der Waals surface area contributed by atoms with Gasteiger partial charge in [0, 0.05) is 11.3 Å². The topological polar surface area (TPSA) is 101 Å². The number of hydrogen-bond donors (Lipinski definition) is 2. The lowest BCUT2D eigenvalue weighted by Gasteiger charge is -2.71. The molecule has 0 heterocycles. The first-order valence-electron chi connectivity index (χ1n) is 15.2. The van der Waals surface area contributed by atoms with Gasteiger partial charge in [-0.2, -0.15) is 0 Å². The summed E-state index contributed by atoms with van der Waals surface area (Å²) in [5.74, 6) is -1.37. The lowest BCUT2D eigenvalue weighted by atomic mass is 9.33. The molecule has 38 heavy (non-hydrogen) atoms. The minimum atomic E-state index is -0.790. The Bertz CT molecular complexity index is 933. The maximum Gasteiger partial charge on any atom is 0.308 e. The molecule has 4 aliphatic carbocycles. The first-order chi connectivity index (χ1) is 17.7. The van der Waals surface area contributed by atoms with Gasteiger partial charge in [0.1, 0.15) is 18.2 Å². The van der Waals surface area contributed by atoms with Crippen molar-refractivity contribution >= 4 is 18.0 Å². The van der Waals surface area contributed by atoms with Gasteiger partial charge in [-0.15, -0.1) is 0 Å². The Hall–Kier alpha value is -1.27. The van der Waals surface area contributed by atoms with Gasteiger partial charge < -0.3 is 19.7 Å². The number of rotatable bonds is 7. The second-order valence-electron chi connectivity index (χ2n) is 14.5. The lowest BCUT2D eigenvalue weighted by molar-refractivity contribution is -0.260.